The highest BCUT2D eigenvalue weighted by Crippen LogP contribution is 2.14. The van der Waals surface area contributed by atoms with Crippen molar-refractivity contribution in [3.63, 3.8) is 0 Å². The fraction of sp³-hybridized carbons (Fsp3) is 0.780. The highest BCUT2D eigenvalue weighted by molar-refractivity contribution is 7.85. The van der Waals surface area contributed by atoms with Gasteiger partial charge in [0, 0.05) is 6.42 Å². The van der Waals surface area contributed by atoms with Crippen molar-refractivity contribution in [1.29, 1.82) is 0 Å². The molecule has 0 heterocycles. The van der Waals surface area contributed by atoms with Crippen molar-refractivity contribution in [3.05, 3.63) is 48.6 Å². The van der Waals surface area contributed by atoms with E-state index in [1.54, 1.807) is 0 Å². The summed E-state index contributed by atoms with van der Waals surface area (Å²) in [4.78, 5) is 12.5. The van der Waals surface area contributed by atoms with E-state index < -0.39 is 28.0 Å². The molecule has 7 heteroatoms. The number of unbranched alkanes of at least 4 members (excludes halogenated alkanes) is 21. The van der Waals surface area contributed by atoms with Crippen molar-refractivity contribution in [3.8, 4) is 0 Å². The van der Waals surface area contributed by atoms with Gasteiger partial charge < -0.3 is 10.4 Å². The third-order valence-electron chi connectivity index (χ3n) is 8.71. The number of amides is 1. The van der Waals surface area contributed by atoms with Crippen LogP contribution in [0.25, 0.3) is 0 Å². The van der Waals surface area contributed by atoms with Gasteiger partial charge in [-0.3, -0.25) is 9.35 Å². The number of carbonyl (C=O) groups excluding carboxylic acids is 1. The number of hydrogen-bond acceptors (Lipinski definition) is 4. The zero-order valence-electron chi connectivity index (χ0n) is 31.1. The summed E-state index contributed by atoms with van der Waals surface area (Å²) in [6.07, 6.45) is 46.7. The monoisotopic (exact) mass is 694 g/mol. The Bertz CT molecular complexity index is 940. The van der Waals surface area contributed by atoms with Crippen LogP contribution in [0.3, 0.4) is 0 Å². The van der Waals surface area contributed by atoms with Crippen molar-refractivity contribution in [2.75, 3.05) is 5.75 Å². The predicted octanol–water partition coefficient (Wildman–Crippen LogP) is 11.5. The van der Waals surface area contributed by atoms with Crippen molar-refractivity contribution in [1.82, 2.24) is 5.32 Å². The summed E-state index contributed by atoms with van der Waals surface area (Å²) in [5.41, 5.74) is 0. The maximum Gasteiger partial charge on any atom is 0.267 e. The fourth-order valence-electron chi connectivity index (χ4n) is 5.74. The van der Waals surface area contributed by atoms with E-state index in [9.17, 15) is 22.9 Å². The molecule has 0 aromatic rings. The molecule has 0 saturated carbocycles. The maximum absolute atomic E-state index is 12.5. The van der Waals surface area contributed by atoms with Crippen molar-refractivity contribution in [2.45, 2.75) is 199 Å². The minimum atomic E-state index is -4.36. The van der Waals surface area contributed by atoms with Crippen molar-refractivity contribution >= 4 is 16.0 Å². The highest BCUT2D eigenvalue weighted by atomic mass is 32.2. The van der Waals surface area contributed by atoms with E-state index in [0.717, 1.165) is 57.8 Å². The van der Waals surface area contributed by atoms with Gasteiger partial charge in [-0.25, -0.2) is 0 Å². The number of hydrogen-bond donors (Lipinski definition) is 3. The molecule has 6 nitrogen and oxygen atoms in total. The van der Waals surface area contributed by atoms with Crippen LogP contribution in [-0.2, 0) is 14.9 Å². The van der Waals surface area contributed by atoms with E-state index >= 15 is 0 Å². The summed E-state index contributed by atoms with van der Waals surface area (Å²) in [6, 6.07) is -1.08. The molecule has 0 spiro atoms. The number of allylic oxidation sites excluding steroid dienone is 7. The zero-order chi connectivity index (χ0) is 35.4. The third-order valence-corrected chi connectivity index (χ3v) is 9.49. The second-order valence-corrected chi connectivity index (χ2v) is 15.0. The molecule has 280 valence electrons. The Kier molecular flexibility index (Phi) is 33.9. The molecule has 0 rings (SSSR count). The molecule has 0 fully saturated rings. The van der Waals surface area contributed by atoms with Gasteiger partial charge in [-0.05, 0) is 57.8 Å². The first kappa shape index (κ1) is 46.3. The van der Waals surface area contributed by atoms with E-state index in [4.69, 9.17) is 0 Å². The third kappa shape index (κ3) is 35.6. The number of aliphatic hydroxyl groups is 1. The molecule has 2 unspecified atom stereocenters. The fourth-order valence-corrected chi connectivity index (χ4v) is 6.47. The molecule has 2 atom stereocenters. The Morgan fingerprint density at radius 3 is 1.52 bits per heavy atom. The van der Waals surface area contributed by atoms with E-state index in [1.807, 2.05) is 6.08 Å². The Balaban J connectivity index is 3.99. The maximum atomic E-state index is 12.5. The van der Waals surface area contributed by atoms with Gasteiger partial charge in [-0.1, -0.05) is 172 Å². The molecule has 0 bridgehead atoms. The first-order chi connectivity index (χ1) is 23.3. The smallest absolute Gasteiger partial charge is 0.267 e. The van der Waals surface area contributed by atoms with Crippen LogP contribution in [0.2, 0.25) is 0 Å². The lowest BCUT2D eigenvalue weighted by Crippen LogP contribution is -2.46. The standard InChI is InChI=1S/C41H75NO5S/c1-3-5-7-9-11-13-15-17-18-19-20-21-22-23-25-26-28-30-32-34-36-40(43)39(38-48(45,46)47)42-41(44)37-35-33-31-29-27-24-16-14-12-10-8-6-4-2/h8,10,14,16,26,28,34,36,39-40,43H,3-7,9,11-13,15,17-25,27,29-33,35,37-38H2,1-2H3,(H,42,44)(H,45,46,47)/b10-8-,16-14-,28-26+,36-34+. The molecular weight excluding hydrogens is 619 g/mol. The SMILES string of the molecule is CCC/C=C\C/C=C\CCCCCCCC(=O)NC(CS(=O)(=O)O)C(O)/C=C/CC/C=C/CCCCCCCCCCCCCCCC. The normalized spacial score (nSPS) is 13.8. The van der Waals surface area contributed by atoms with Crippen LogP contribution >= 0.6 is 0 Å². The van der Waals surface area contributed by atoms with Crippen LogP contribution in [0.4, 0.5) is 0 Å². The molecule has 0 aliphatic rings. The van der Waals surface area contributed by atoms with Crippen molar-refractivity contribution in [2.24, 2.45) is 0 Å². The first-order valence-corrected chi connectivity index (χ1v) is 21.4. The lowest BCUT2D eigenvalue weighted by atomic mass is 10.0. The summed E-state index contributed by atoms with van der Waals surface area (Å²) in [6.45, 7) is 4.45. The topological polar surface area (TPSA) is 104 Å². The van der Waals surface area contributed by atoms with Crippen LogP contribution in [0.1, 0.15) is 187 Å². The second-order valence-electron chi connectivity index (χ2n) is 13.5. The van der Waals surface area contributed by atoms with E-state index in [1.165, 1.54) is 102 Å². The van der Waals surface area contributed by atoms with E-state index in [0.29, 0.717) is 12.8 Å². The lowest BCUT2D eigenvalue weighted by Gasteiger charge is -2.21. The quantitative estimate of drug-likeness (QED) is 0.0348. The molecule has 0 aliphatic carbocycles. The Morgan fingerprint density at radius 1 is 0.562 bits per heavy atom. The summed E-state index contributed by atoms with van der Waals surface area (Å²) in [7, 11) is -4.36. The number of aliphatic hydroxyl groups excluding tert-OH is 1. The first-order valence-electron chi connectivity index (χ1n) is 19.8. The predicted molar refractivity (Wildman–Crippen MR) is 207 cm³/mol. The van der Waals surface area contributed by atoms with Gasteiger partial charge in [0.15, 0.2) is 0 Å². The van der Waals surface area contributed by atoms with Gasteiger partial charge in [-0.15, -0.1) is 0 Å². The Hall–Kier alpha value is -1.70. The molecule has 0 radical (unpaired) electrons. The van der Waals surface area contributed by atoms with Gasteiger partial charge in [0.25, 0.3) is 10.1 Å². The Morgan fingerprint density at radius 2 is 1.00 bits per heavy atom. The molecular formula is C41H75NO5S. The molecule has 0 aromatic carbocycles. The zero-order valence-corrected chi connectivity index (χ0v) is 31.9. The average molecular weight is 694 g/mol. The van der Waals surface area contributed by atoms with Gasteiger partial charge in [-0.2, -0.15) is 8.42 Å². The summed E-state index contributed by atoms with van der Waals surface area (Å²) < 4.78 is 32.4. The van der Waals surface area contributed by atoms with Crippen LogP contribution < -0.4 is 5.32 Å². The van der Waals surface area contributed by atoms with Gasteiger partial charge in [0.1, 0.15) is 0 Å². The largest absolute Gasteiger partial charge is 0.387 e. The van der Waals surface area contributed by atoms with Crippen LogP contribution in [-0.4, -0.2) is 41.9 Å². The molecule has 0 aromatic heterocycles. The molecule has 3 N–H and O–H groups in total. The molecule has 0 aliphatic heterocycles. The minimum absolute atomic E-state index is 0.270. The summed E-state index contributed by atoms with van der Waals surface area (Å²) in [5, 5.41) is 13.2. The summed E-state index contributed by atoms with van der Waals surface area (Å²) in [5.74, 6) is -1.02. The van der Waals surface area contributed by atoms with Crippen LogP contribution in [0.5, 0.6) is 0 Å². The number of rotatable bonds is 35. The Labute approximate surface area is 297 Å². The van der Waals surface area contributed by atoms with Gasteiger partial charge in [0.2, 0.25) is 5.91 Å². The lowest BCUT2D eigenvalue weighted by molar-refractivity contribution is -0.122. The van der Waals surface area contributed by atoms with Gasteiger partial charge >= 0.3 is 0 Å². The molecule has 0 saturated heterocycles. The highest BCUT2D eigenvalue weighted by Gasteiger charge is 2.24. The van der Waals surface area contributed by atoms with Crippen LogP contribution in [0, 0.1) is 0 Å². The molecule has 48 heavy (non-hydrogen) atoms. The van der Waals surface area contributed by atoms with Gasteiger partial charge in [0.05, 0.1) is 17.9 Å². The van der Waals surface area contributed by atoms with E-state index in [-0.39, 0.29) is 12.3 Å². The second kappa shape index (κ2) is 35.1. The molecule has 1 amide bonds. The minimum Gasteiger partial charge on any atom is -0.387 e. The number of carbonyl (C=O) groups is 1. The summed E-state index contributed by atoms with van der Waals surface area (Å²) >= 11 is 0. The number of nitrogens with one attached hydrogen (secondary N) is 1. The average Bonchev–Trinajstić information content (AvgIpc) is 3.05. The van der Waals surface area contributed by atoms with E-state index in [2.05, 4.69) is 55.6 Å². The van der Waals surface area contributed by atoms with Crippen LogP contribution in [0.15, 0.2) is 48.6 Å². The van der Waals surface area contributed by atoms with Crippen molar-refractivity contribution < 1.29 is 22.9 Å².